The first-order valence-electron chi connectivity index (χ1n) is 10.6. The number of carbonyl (C=O) groups excluding carboxylic acids is 1. The van der Waals surface area contributed by atoms with Crippen molar-refractivity contribution in [2.24, 2.45) is 0 Å². The van der Waals surface area contributed by atoms with Gasteiger partial charge in [-0.3, -0.25) is 4.79 Å². The van der Waals surface area contributed by atoms with E-state index in [-0.39, 0.29) is 22.7 Å². The summed E-state index contributed by atoms with van der Waals surface area (Å²) < 4.78 is 40.4. The Labute approximate surface area is 182 Å². The molecule has 166 valence electrons. The fraction of sp³-hybridized carbons (Fsp3) is 0.409. The van der Waals surface area contributed by atoms with Gasteiger partial charge in [-0.25, -0.2) is 23.7 Å². The summed E-state index contributed by atoms with van der Waals surface area (Å²) in [5.74, 6) is -0.523. The predicted octanol–water partition coefficient (Wildman–Crippen LogP) is 2.94. The van der Waals surface area contributed by atoms with Gasteiger partial charge in [0.15, 0.2) is 0 Å². The SMILES string of the molecule is O=C(Nc1ccc(S(=O)(=O)N2CCCCCC2)cc1)C1CC(c2ccc(F)cc2)NN1. The van der Waals surface area contributed by atoms with E-state index in [2.05, 4.69) is 16.2 Å². The zero-order valence-electron chi connectivity index (χ0n) is 17.2. The van der Waals surface area contributed by atoms with Crippen molar-refractivity contribution in [3.63, 3.8) is 0 Å². The minimum absolute atomic E-state index is 0.0995. The van der Waals surface area contributed by atoms with Crippen molar-refractivity contribution < 1.29 is 17.6 Å². The van der Waals surface area contributed by atoms with Gasteiger partial charge in [-0.2, -0.15) is 4.31 Å². The Morgan fingerprint density at radius 1 is 0.935 bits per heavy atom. The second-order valence-electron chi connectivity index (χ2n) is 8.01. The van der Waals surface area contributed by atoms with Crippen LogP contribution in [-0.2, 0) is 14.8 Å². The number of carbonyl (C=O) groups is 1. The molecule has 9 heteroatoms. The molecule has 0 spiro atoms. The highest BCUT2D eigenvalue weighted by molar-refractivity contribution is 7.89. The number of hydrazine groups is 1. The van der Waals surface area contributed by atoms with Crippen molar-refractivity contribution in [3.05, 3.63) is 59.9 Å². The maximum atomic E-state index is 13.1. The van der Waals surface area contributed by atoms with Crippen molar-refractivity contribution in [1.29, 1.82) is 0 Å². The Morgan fingerprint density at radius 2 is 1.58 bits per heavy atom. The molecule has 0 bridgehead atoms. The highest BCUT2D eigenvalue weighted by atomic mass is 32.2. The summed E-state index contributed by atoms with van der Waals surface area (Å²) in [5.41, 5.74) is 7.46. The number of rotatable bonds is 5. The zero-order valence-corrected chi connectivity index (χ0v) is 18.0. The fourth-order valence-corrected chi connectivity index (χ4v) is 5.53. The number of hydrogen-bond acceptors (Lipinski definition) is 5. The summed E-state index contributed by atoms with van der Waals surface area (Å²) in [6.07, 6.45) is 4.40. The van der Waals surface area contributed by atoms with Crippen LogP contribution in [0.25, 0.3) is 0 Å². The second-order valence-corrected chi connectivity index (χ2v) is 9.95. The molecule has 3 N–H and O–H groups in total. The van der Waals surface area contributed by atoms with Gasteiger partial charge < -0.3 is 5.32 Å². The number of halogens is 1. The highest BCUT2D eigenvalue weighted by Gasteiger charge is 2.30. The first-order chi connectivity index (χ1) is 14.9. The molecule has 31 heavy (non-hydrogen) atoms. The molecule has 0 radical (unpaired) electrons. The van der Waals surface area contributed by atoms with Crippen molar-refractivity contribution in [2.75, 3.05) is 18.4 Å². The van der Waals surface area contributed by atoms with Crippen LogP contribution in [0.1, 0.15) is 43.7 Å². The molecular formula is C22H27FN4O3S. The Bertz CT molecular complexity index is 1000. The Kier molecular flexibility index (Phi) is 6.66. The minimum atomic E-state index is -3.52. The lowest BCUT2D eigenvalue weighted by Gasteiger charge is -2.20. The van der Waals surface area contributed by atoms with Crippen molar-refractivity contribution in [2.45, 2.75) is 49.1 Å². The molecule has 0 aliphatic carbocycles. The molecule has 0 saturated carbocycles. The number of amides is 1. The molecule has 2 atom stereocenters. The molecule has 2 heterocycles. The smallest absolute Gasteiger partial charge is 0.243 e. The predicted molar refractivity (Wildman–Crippen MR) is 116 cm³/mol. The molecular weight excluding hydrogens is 419 g/mol. The van der Waals surface area contributed by atoms with E-state index < -0.39 is 16.1 Å². The van der Waals surface area contributed by atoms with Crippen molar-refractivity contribution in [3.8, 4) is 0 Å². The van der Waals surface area contributed by atoms with Crippen LogP contribution < -0.4 is 16.2 Å². The molecule has 2 aliphatic heterocycles. The maximum absolute atomic E-state index is 13.1. The van der Waals surface area contributed by atoms with Crippen LogP contribution in [0.2, 0.25) is 0 Å². The van der Waals surface area contributed by atoms with Gasteiger partial charge in [-0.1, -0.05) is 25.0 Å². The van der Waals surface area contributed by atoms with E-state index in [4.69, 9.17) is 0 Å². The van der Waals surface area contributed by atoms with E-state index in [9.17, 15) is 17.6 Å². The first kappa shape index (κ1) is 21.9. The maximum Gasteiger partial charge on any atom is 0.243 e. The normalized spacial score (nSPS) is 22.7. The Hall–Kier alpha value is -2.33. The fourth-order valence-electron chi connectivity index (χ4n) is 4.01. The molecule has 7 nitrogen and oxygen atoms in total. The van der Waals surface area contributed by atoms with E-state index in [0.717, 1.165) is 31.2 Å². The van der Waals surface area contributed by atoms with Crippen molar-refractivity contribution >= 4 is 21.6 Å². The van der Waals surface area contributed by atoms with E-state index in [1.54, 1.807) is 28.6 Å². The number of nitrogens with one attached hydrogen (secondary N) is 3. The summed E-state index contributed by atoms with van der Waals surface area (Å²) in [4.78, 5) is 12.9. The molecule has 2 aromatic rings. The van der Waals surface area contributed by atoms with Crippen LogP contribution in [0.15, 0.2) is 53.4 Å². The van der Waals surface area contributed by atoms with Crippen LogP contribution in [0, 0.1) is 5.82 Å². The topological polar surface area (TPSA) is 90.5 Å². The van der Waals surface area contributed by atoms with E-state index in [1.165, 1.54) is 24.3 Å². The first-order valence-corrected chi connectivity index (χ1v) is 12.0. The number of sulfonamides is 1. The van der Waals surface area contributed by atoms with Crippen LogP contribution in [0.4, 0.5) is 10.1 Å². The third-order valence-electron chi connectivity index (χ3n) is 5.82. The standard InChI is InChI=1S/C22H27FN4O3S/c23-17-7-5-16(6-8-17)20-15-21(26-25-20)22(28)24-18-9-11-19(12-10-18)31(29,30)27-13-3-1-2-4-14-27/h5-12,20-21,25-26H,1-4,13-15H2,(H,24,28). The molecule has 2 fully saturated rings. The lowest BCUT2D eigenvalue weighted by Crippen LogP contribution is -2.39. The highest BCUT2D eigenvalue weighted by Crippen LogP contribution is 2.24. The molecule has 4 rings (SSSR count). The molecule has 0 aromatic heterocycles. The molecule has 2 aromatic carbocycles. The monoisotopic (exact) mass is 446 g/mol. The van der Waals surface area contributed by atoms with Crippen LogP contribution in [-0.4, -0.2) is 37.8 Å². The average molecular weight is 447 g/mol. The van der Waals surface area contributed by atoms with Gasteiger partial charge >= 0.3 is 0 Å². The summed E-state index contributed by atoms with van der Waals surface area (Å²) in [6.45, 7) is 1.10. The zero-order chi connectivity index (χ0) is 21.8. The van der Waals surface area contributed by atoms with Gasteiger partial charge in [0.2, 0.25) is 15.9 Å². The third-order valence-corrected chi connectivity index (χ3v) is 7.73. The van der Waals surface area contributed by atoms with Gasteiger partial charge in [0.05, 0.1) is 4.90 Å². The van der Waals surface area contributed by atoms with Gasteiger partial charge in [0, 0.05) is 24.8 Å². The molecule has 1 amide bonds. The van der Waals surface area contributed by atoms with Gasteiger partial charge in [0.25, 0.3) is 0 Å². The average Bonchev–Trinajstić information content (AvgIpc) is 3.09. The number of benzene rings is 2. The Morgan fingerprint density at radius 3 is 2.23 bits per heavy atom. The third kappa shape index (κ3) is 5.12. The lowest BCUT2D eigenvalue weighted by molar-refractivity contribution is -0.117. The molecule has 2 saturated heterocycles. The minimum Gasteiger partial charge on any atom is -0.325 e. The van der Waals surface area contributed by atoms with Gasteiger partial charge in [-0.15, -0.1) is 0 Å². The van der Waals surface area contributed by atoms with E-state index in [1.807, 2.05) is 0 Å². The van der Waals surface area contributed by atoms with Crippen LogP contribution in [0.5, 0.6) is 0 Å². The summed E-state index contributed by atoms with van der Waals surface area (Å²) >= 11 is 0. The summed E-state index contributed by atoms with van der Waals surface area (Å²) in [5, 5.41) is 2.82. The van der Waals surface area contributed by atoms with E-state index >= 15 is 0 Å². The quantitative estimate of drug-likeness (QED) is 0.657. The summed E-state index contributed by atoms with van der Waals surface area (Å²) in [7, 11) is -3.52. The molecule has 2 aliphatic rings. The van der Waals surface area contributed by atoms with Crippen molar-refractivity contribution in [1.82, 2.24) is 15.2 Å². The number of anilines is 1. The lowest BCUT2D eigenvalue weighted by atomic mass is 10.0. The summed E-state index contributed by atoms with van der Waals surface area (Å²) in [6, 6.07) is 11.9. The second kappa shape index (κ2) is 9.44. The number of nitrogens with zero attached hydrogens (tertiary/aromatic N) is 1. The van der Waals surface area contributed by atoms with Gasteiger partial charge in [0.1, 0.15) is 11.9 Å². The van der Waals surface area contributed by atoms with E-state index in [0.29, 0.717) is 25.2 Å². The number of hydrogen-bond donors (Lipinski definition) is 3. The van der Waals surface area contributed by atoms with Crippen LogP contribution in [0.3, 0.4) is 0 Å². The Balaban J connectivity index is 1.36. The van der Waals surface area contributed by atoms with Gasteiger partial charge in [-0.05, 0) is 61.2 Å². The van der Waals surface area contributed by atoms with Crippen LogP contribution >= 0.6 is 0 Å². The molecule has 2 unspecified atom stereocenters. The largest absolute Gasteiger partial charge is 0.325 e.